The molecule has 0 aliphatic carbocycles. The summed E-state index contributed by atoms with van der Waals surface area (Å²) in [6.45, 7) is 0.528. The zero-order chi connectivity index (χ0) is 11.7. The van der Waals surface area contributed by atoms with Gasteiger partial charge in [-0.3, -0.25) is 0 Å². The highest BCUT2D eigenvalue weighted by Gasteiger charge is 2.23. The molecule has 0 radical (unpaired) electrons. The highest BCUT2D eigenvalue weighted by molar-refractivity contribution is 5.43. The number of hydrogen-bond acceptors (Lipinski definition) is 4. The molecule has 17 heavy (non-hydrogen) atoms. The van der Waals surface area contributed by atoms with E-state index in [-0.39, 0.29) is 6.04 Å². The Morgan fingerprint density at radius 3 is 2.82 bits per heavy atom. The minimum absolute atomic E-state index is 0.0108. The Labute approximate surface area is 97.5 Å². The van der Waals surface area contributed by atoms with E-state index in [0.717, 1.165) is 23.7 Å². The maximum Gasteiger partial charge on any atom is 0.223 e. The third kappa shape index (κ3) is 1.91. The van der Waals surface area contributed by atoms with Crippen molar-refractivity contribution in [1.82, 2.24) is 9.97 Å². The van der Waals surface area contributed by atoms with Crippen LogP contribution in [0.2, 0.25) is 0 Å². The predicted octanol–water partition coefficient (Wildman–Crippen LogP) is 2.16. The fourth-order valence-corrected chi connectivity index (χ4v) is 1.82. The molecule has 1 unspecified atom stereocenters. The summed E-state index contributed by atoms with van der Waals surface area (Å²) < 4.78 is 18.2. The van der Waals surface area contributed by atoms with Gasteiger partial charge in [0.05, 0.1) is 18.4 Å². The van der Waals surface area contributed by atoms with E-state index < -0.39 is 5.82 Å². The highest BCUT2D eigenvalue weighted by Crippen LogP contribution is 2.33. The molecule has 2 heterocycles. The summed E-state index contributed by atoms with van der Waals surface area (Å²) in [5.74, 6) is 0.822. The molecular formula is C12H10FN3O. The molecule has 0 spiro atoms. The third-order valence-electron chi connectivity index (χ3n) is 2.62. The van der Waals surface area contributed by atoms with E-state index in [2.05, 4.69) is 15.3 Å². The van der Waals surface area contributed by atoms with Gasteiger partial charge in [-0.15, -0.1) is 0 Å². The molecule has 4 nitrogen and oxygen atoms in total. The standard InChI is InChI=1S/C12H10FN3O/c13-8-5-14-12(15-6-8)16-10-7-17-11-4-2-1-3-9(10)11/h1-6,10H,7H2,(H,14,15,16). The van der Waals surface area contributed by atoms with Crippen molar-refractivity contribution in [2.45, 2.75) is 6.04 Å². The van der Waals surface area contributed by atoms with Crippen molar-refractivity contribution in [3.05, 3.63) is 48.0 Å². The Morgan fingerprint density at radius 1 is 1.24 bits per heavy atom. The Kier molecular flexibility index (Phi) is 2.36. The summed E-state index contributed by atoms with van der Waals surface area (Å²) in [6, 6.07) is 7.80. The van der Waals surface area contributed by atoms with Crippen molar-refractivity contribution in [2.24, 2.45) is 0 Å². The van der Waals surface area contributed by atoms with E-state index in [1.807, 2.05) is 24.3 Å². The van der Waals surface area contributed by atoms with Crippen LogP contribution in [0.1, 0.15) is 11.6 Å². The molecular weight excluding hydrogens is 221 g/mol. The van der Waals surface area contributed by atoms with Crippen LogP contribution < -0.4 is 10.1 Å². The smallest absolute Gasteiger partial charge is 0.223 e. The molecule has 3 rings (SSSR count). The number of nitrogens with zero attached hydrogens (tertiary/aromatic N) is 2. The SMILES string of the molecule is Fc1cnc(NC2COc3ccccc32)nc1. The molecule has 0 bridgehead atoms. The lowest BCUT2D eigenvalue weighted by atomic mass is 10.1. The van der Waals surface area contributed by atoms with E-state index in [4.69, 9.17) is 4.74 Å². The maximum absolute atomic E-state index is 12.7. The van der Waals surface area contributed by atoms with Crippen LogP contribution in [0.15, 0.2) is 36.7 Å². The van der Waals surface area contributed by atoms with E-state index in [0.29, 0.717) is 12.6 Å². The summed E-state index contributed by atoms with van der Waals surface area (Å²) in [6.07, 6.45) is 2.27. The first-order valence-corrected chi connectivity index (χ1v) is 5.29. The monoisotopic (exact) mass is 231 g/mol. The quantitative estimate of drug-likeness (QED) is 0.860. The third-order valence-corrected chi connectivity index (χ3v) is 2.62. The van der Waals surface area contributed by atoms with Crippen molar-refractivity contribution in [1.29, 1.82) is 0 Å². The Hall–Kier alpha value is -2.17. The average Bonchev–Trinajstić information content (AvgIpc) is 2.76. The van der Waals surface area contributed by atoms with Gasteiger partial charge in [0.2, 0.25) is 5.95 Å². The molecule has 86 valence electrons. The molecule has 1 aliphatic heterocycles. The first-order chi connectivity index (χ1) is 8.33. The van der Waals surface area contributed by atoms with E-state index in [1.165, 1.54) is 0 Å². The van der Waals surface area contributed by atoms with E-state index in [9.17, 15) is 4.39 Å². The summed E-state index contributed by atoms with van der Waals surface area (Å²) in [7, 11) is 0. The lowest BCUT2D eigenvalue weighted by Crippen LogP contribution is -2.13. The first kappa shape index (κ1) is 10.0. The fourth-order valence-electron chi connectivity index (χ4n) is 1.82. The van der Waals surface area contributed by atoms with Crippen LogP contribution in [-0.2, 0) is 0 Å². The Morgan fingerprint density at radius 2 is 2.00 bits per heavy atom. The van der Waals surface area contributed by atoms with Crippen molar-refractivity contribution in [2.75, 3.05) is 11.9 Å². The van der Waals surface area contributed by atoms with E-state index in [1.54, 1.807) is 0 Å². The van der Waals surface area contributed by atoms with Crippen molar-refractivity contribution < 1.29 is 9.13 Å². The predicted molar refractivity (Wildman–Crippen MR) is 60.3 cm³/mol. The maximum atomic E-state index is 12.7. The number of fused-ring (bicyclic) bond motifs is 1. The minimum Gasteiger partial charge on any atom is -0.491 e. The molecule has 0 saturated carbocycles. The average molecular weight is 231 g/mol. The van der Waals surface area contributed by atoms with Crippen LogP contribution in [-0.4, -0.2) is 16.6 Å². The number of hydrogen-bond donors (Lipinski definition) is 1. The molecule has 5 heteroatoms. The normalized spacial score (nSPS) is 17.4. The van der Waals surface area contributed by atoms with Crippen molar-refractivity contribution in [3.63, 3.8) is 0 Å². The molecule has 1 aromatic heterocycles. The summed E-state index contributed by atoms with van der Waals surface area (Å²) >= 11 is 0. The molecule has 1 aliphatic rings. The largest absolute Gasteiger partial charge is 0.491 e. The Bertz CT molecular complexity index is 530. The number of para-hydroxylation sites is 1. The minimum atomic E-state index is -0.446. The number of halogens is 1. The zero-order valence-electron chi connectivity index (χ0n) is 8.93. The molecule has 1 N–H and O–H groups in total. The molecule has 1 aromatic carbocycles. The summed E-state index contributed by atoms with van der Waals surface area (Å²) in [4.78, 5) is 7.72. The lowest BCUT2D eigenvalue weighted by molar-refractivity contribution is 0.339. The van der Waals surface area contributed by atoms with Crippen LogP contribution in [0.5, 0.6) is 5.75 Å². The van der Waals surface area contributed by atoms with Crippen LogP contribution in [0.3, 0.4) is 0 Å². The van der Waals surface area contributed by atoms with Crippen LogP contribution in [0.4, 0.5) is 10.3 Å². The number of aromatic nitrogens is 2. The van der Waals surface area contributed by atoms with Crippen molar-refractivity contribution in [3.8, 4) is 5.75 Å². The molecule has 0 saturated heterocycles. The first-order valence-electron chi connectivity index (χ1n) is 5.29. The van der Waals surface area contributed by atoms with Gasteiger partial charge < -0.3 is 10.1 Å². The second kappa shape index (κ2) is 4.01. The molecule has 0 fully saturated rings. The van der Waals surface area contributed by atoms with Gasteiger partial charge in [0, 0.05) is 5.56 Å². The van der Waals surface area contributed by atoms with Gasteiger partial charge in [-0.1, -0.05) is 18.2 Å². The second-order valence-corrected chi connectivity index (χ2v) is 3.77. The molecule has 2 aromatic rings. The summed E-state index contributed by atoms with van der Waals surface area (Å²) in [5, 5.41) is 3.11. The number of benzene rings is 1. The van der Waals surface area contributed by atoms with Crippen LogP contribution in [0.25, 0.3) is 0 Å². The fraction of sp³-hybridized carbons (Fsp3) is 0.167. The zero-order valence-corrected chi connectivity index (χ0v) is 8.93. The van der Waals surface area contributed by atoms with Crippen molar-refractivity contribution >= 4 is 5.95 Å². The van der Waals surface area contributed by atoms with Gasteiger partial charge in [0.1, 0.15) is 12.4 Å². The number of rotatable bonds is 2. The lowest BCUT2D eigenvalue weighted by Gasteiger charge is -2.10. The van der Waals surface area contributed by atoms with Gasteiger partial charge in [0.15, 0.2) is 5.82 Å². The number of nitrogens with one attached hydrogen (secondary N) is 1. The van der Waals surface area contributed by atoms with Gasteiger partial charge >= 0.3 is 0 Å². The van der Waals surface area contributed by atoms with Crippen LogP contribution in [0, 0.1) is 5.82 Å². The van der Waals surface area contributed by atoms with Gasteiger partial charge in [-0.25, -0.2) is 14.4 Å². The molecule has 0 amide bonds. The topological polar surface area (TPSA) is 47.0 Å². The van der Waals surface area contributed by atoms with Crippen LogP contribution >= 0.6 is 0 Å². The highest BCUT2D eigenvalue weighted by atomic mass is 19.1. The van der Waals surface area contributed by atoms with Gasteiger partial charge in [-0.2, -0.15) is 0 Å². The van der Waals surface area contributed by atoms with Gasteiger partial charge in [0.25, 0.3) is 0 Å². The van der Waals surface area contributed by atoms with E-state index >= 15 is 0 Å². The second-order valence-electron chi connectivity index (χ2n) is 3.77. The number of ether oxygens (including phenoxy) is 1. The summed E-state index contributed by atoms with van der Waals surface area (Å²) in [5.41, 5.74) is 1.07. The van der Waals surface area contributed by atoms with Gasteiger partial charge in [-0.05, 0) is 6.07 Å². The number of anilines is 1. The Balaban J connectivity index is 1.81. The molecule has 1 atom stereocenters.